The monoisotopic (exact) mass is 329 g/mol. The minimum Gasteiger partial charge on any atom is -0.332 e. The van der Waals surface area contributed by atoms with Crippen molar-refractivity contribution >= 4 is 27.3 Å². The Balaban J connectivity index is 2.28. The smallest absolute Gasteiger partial charge is 0.254 e. The molecule has 0 aliphatic carbocycles. The number of benzene rings is 1. The van der Waals surface area contributed by atoms with Gasteiger partial charge in [0.25, 0.3) is 5.91 Å². The first-order valence-electron chi connectivity index (χ1n) is 7.12. The summed E-state index contributed by atoms with van der Waals surface area (Å²) in [4.78, 5) is 14.5. The molecule has 116 valence electrons. The van der Waals surface area contributed by atoms with Crippen molar-refractivity contribution < 1.29 is 13.2 Å². The first-order valence-corrected chi connectivity index (χ1v) is 9.32. The van der Waals surface area contributed by atoms with Gasteiger partial charge in [0.2, 0.25) is 0 Å². The van der Waals surface area contributed by atoms with E-state index in [-0.39, 0.29) is 29.5 Å². The minimum atomic E-state index is -3.02. The third-order valence-electron chi connectivity index (χ3n) is 3.99. The Hall–Kier alpha value is -1.07. The van der Waals surface area contributed by atoms with Gasteiger partial charge in [0.05, 0.1) is 11.5 Å². The highest BCUT2D eigenvalue weighted by Crippen LogP contribution is 2.24. The molecule has 21 heavy (non-hydrogen) atoms. The Morgan fingerprint density at radius 3 is 2.48 bits per heavy atom. The first-order chi connectivity index (χ1) is 9.84. The van der Waals surface area contributed by atoms with E-state index in [9.17, 15) is 13.2 Å². The highest BCUT2D eigenvalue weighted by Gasteiger charge is 2.36. The molecule has 4 nitrogen and oxygen atoms in total. The molecule has 1 fully saturated rings. The van der Waals surface area contributed by atoms with Crippen LogP contribution in [-0.4, -0.2) is 42.8 Å². The third-order valence-corrected chi connectivity index (χ3v) is 6.00. The normalized spacial score (nSPS) is 22.0. The Morgan fingerprint density at radius 2 is 2.00 bits per heavy atom. The fourth-order valence-electron chi connectivity index (χ4n) is 2.66. The van der Waals surface area contributed by atoms with Gasteiger partial charge in [0.1, 0.15) is 0 Å². The van der Waals surface area contributed by atoms with E-state index in [1.165, 1.54) is 0 Å². The van der Waals surface area contributed by atoms with Crippen molar-refractivity contribution in [3.63, 3.8) is 0 Å². The van der Waals surface area contributed by atoms with Gasteiger partial charge in [-0.15, -0.1) is 0 Å². The predicted molar refractivity (Wildman–Crippen MR) is 84.4 cm³/mol. The van der Waals surface area contributed by atoms with Crippen molar-refractivity contribution in [3.05, 3.63) is 34.9 Å². The molecule has 0 bridgehead atoms. The van der Waals surface area contributed by atoms with Gasteiger partial charge >= 0.3 is 0 Å². The average molecular weight is 330 g/mol. The molecule has 1 aliphatic rings. The molecule has 6 heteroatoms. The van der Waals surface area contributed by atoms with E-state index in [0.29, 0.717) is 17.0 Å². The number of halogens is 1. The number of sulfone groups is 1. The second-order valence-electron chi connectivity index (χ2n) is 5.53. The Morgan fingerprint density at radius 1 is 1.38 bits per heavy atom. The zero-order valence-electron chi connectivity index (χ0n) is 12.3. The summed E-state index contributed by atoms with van der Waals surface area (Å²) in [7, 11) is -3.02. The van der Waals surface area contributed by atoms with E-state index in [1.807, 2.05) is 13.8 Å². The molecule has 1 amide bonds. The van der Waals surface area contributed by atoms with E-state index in [0.717, 1.165) is 6.42 Å². The number of carbonyl (C=O) groups is 1. The molecule has 1 saturated heterocycles. The highest BCUT2D eigenvalue weighted by molar-refractivity contribution is 7.91. The second-order valence-corrected chi connectivity index (χ2v) is 8.20. The van der Waals surface area contributed by atoms with E-state index in [4.69, 9.17) is 11.6 Å². The number of hydrogen-bond acceptors (Lipinski definition) is 3. The standard InChI is InChI=1S/C15H20ClNO3S/c1-3-11(2)17(14-8-9-21(19,20)10-14)15(18)12-4-6-13(16)7-5-12/h4-7,11,14H,3,8-10H2,1-2H3. The Bertz CT molecular complexity index is 612. The molecule has 0 radical (unpaired) electrons. The van der Waals surface area contributed by atoms with Crippen LogP contribution in [0.4, 0.5) is 0 Å². The molecule has 0 N–H and O–H groups in total. The summed E-state index contributed by atoms with van der Waals surface area (Å²) in [5.74, 6) is 0.109. The molecular weight excluding hydrogens is 310 g/mol. The fourth-order valence-corrected chi connectivity index (χ4v) is 4.50. The summed E-state index contributed by atoms with van der Waals surface area (Å²) in [6.45, 7) is 3.95. The maximum atomic E-state index is 12.7. The zero-order chi connectivity index (χ0) is 15.6. The van der Waals surface area contributed by atoms with Crippen LogP contribution in [0.2, 0.25) is 5.02 Å². The van der Waals surface area contributed by atoms with Gasteiger partial charge < -0.3 is 4.90 Å². The van der Waals surface area contributed by atoms with E-state index < -0.39 is 9.84 Å². The number of rotatable bonds is 4. The molecule has 1 aliphatic heterocycles. The summed E-state index contributed by atoms with van der Waals surface area (Å²) < 4.78 is 23.4. The SMILES string of the molecule is CCC(C)N(C(=O)c1ccc(Cl)cc1)C1CCS(=O)(=O)C1. The highest BCUT2D eigenvalue weighted by atomic mass is 35.5. The van der Waals surface area contributed by atoms with Crippen molar-refractivity contribution in [2.75, 3.05) is 11.5 Å². The van der Waals surface area contributed by atoms with Gasteiger partial charge in [-0.25, -0.2) is 8.42 Å². The molecule has 2 rings (SSSR count). The van der Waals surface area contributed by atoms with E-state index in [2.05, 4.69) is 0 Å². The molecule has 1 aromatic rings. The zero-order valence-corrected chi connectivity index (χ0v) is 13.8. The minimum absolute atomic E-state index is 0.00600. The van der Waals surface area contributed by atoms with Crippen LogP contribution in [0.15, 0.2) is 24.3 Å². The molecular formula is C15H20ClNO3S. The van der Waals surface area contributed by atoms with Gasteiger partial charge in [-0.1, -0.05) is 18.5 Å². The number of nitrogens with zero attached hydrogens (tertiary/aromatic N) is 1. The van der Waals surface area contributed by atoms with Gasteiger partial charge in [0.15, 0.2) is 9.84 Å². The molecule has 2 atom stereocenters. The summed E-state index contributed by atoms with van der Waals surface area (Å²) in [5, 5.41) is 0.574. The first kappa shape index (κ1) is 16.3. The summed E-state index contributed by atoms with van der Waals surface area (Å²) in [6, 6.07) is 6.50. The van der Waals surface area contributed by atoms with Crippen LogP contribution in [0.3, 0.4) is 0 Å². The molecule has 0 saturated carbocycles. The van der Waals surface area contributed by atoms with Crippen LogP contribution in [0.5, 0.6) is 0 Å². The van der Waals surface area contributed by atoms with Crippen LogP contribution in [0.1, 0.15) is 37.0 Å². The largest absolute Gasteiger partial charge is 0.332 e. The van der Waals surface area contributed by atoms with Crippen molar-refractivity contribution in [1.29, 1.82) is 0 Å². The summed E-state index contributed by atoms with van der Waals surface area (Å²) >= 11 is 5.85. The predicted octanol–water partition coefficient (Wildman–Crippen LogP) is 2.77. The lowest BCUT2D eigenvalue weighted by molar-refractivity contribution is 0.0610. The van der Waals surface area contributed by atoms with Crippen LogP contribution < -0.4 is 0 Å². The number of amides is 1. The van der Waals surface area contributed by atoms with Crippen LogP contribution >= 0.6 is 11.6 Å². The van der Waals surface area contributed by atoms with Crippen LogP contribution in [0, 0.1) is 0 Å². The number of carbonyl (C=O) groups excluding carboxylic acids is 1. The maximum absolute atomic E-state index is 12.7. The Kier molecular flexibility index (Phi) is 4.94. The van der Waals surface area contributed by atoms with Gasteiger partial charge in [-0.2, -0.15) is 0 Å². The summed E-state index contributed by atoms with van der Waals surface area (Å²) in [6.07, 6.45) is 1.31. The number of hydrogen-bond donors (Lipinski definition) is 0. The van der Waals surface area contributed by atoms with E-state index in [1.54, 1.807) is 29.2 Å². The molecule has 2 unspecified atom stereocenters. The van der Waals surface area contributed by atoms with E-state index >= 15 is 0 Å². The average Bonchev–Trinajstić information content (AvgIpc) is 2.79. The van der Waals surface area contributed by atoms with Crippen molar-refractivity contribution in [3.8, 4) is 0 Å². The topological polar surface area (TPSA) is 54.5 Å². The summed E-state index contributed by atoms with van der Waals surface area (Å²) in [5.41, 5.74) is 0.545. The van der Waals surface area contributed by atoms with Gasteiger partial charge in [-0.3, -0.25) is 4.79 Å². The van der Waals surface area contributed by atoms with Crippen LogP contribution in [-0.2, 0) is 9.84 Å². The fraction of sp³-hybridized carbons (Fsp3) is 0.533. The molecule has 0 spiro atoms. The van der Waals surface area contributed by atoms with Crippen LogP contribution in [0.25, 0.3) is 0 Å². The second kappa shape index (κ2) is 6.36. The lowest BCUT2D eigenvalue weighted by atomic mass is 10.1. The lowest BCUT2D eigenvalue weighted by Crippen LogP contribution is -2.46. The maximum Gasteiger partial charge on any atom is 0.254 e. The lowest BCUT2D eigenvalue weighted by Gasteiger charge is -2.33. The third kappa shape index (κ3) is 3.77. The molecule has 0 aromatic heterocycles. The van der Waals surface area contributed by atoms with Crippen molar-refractivity contribution in [1.82, 2.24) is 4.90 Å². The Labute approximate surface area is 131 Å². The molecule has 1 aromatic carbocycles. The van der Waals surface area contributed by atoms with Gasteiger partial charge in [-0.05, 0) is 44.0 Å². The van der Waals surface area contributed by atoms with Crippen molar-refractivity contribution in [2.45, 2.75) is 38.8 Å². The quantitative estimate of drug-likeness (QED) is 0.853. The molecule has 1 heterocycles. The van der Waals surface area contributed by atoms with Gasteiger partial charge in [0, 0.05) is 22.7 Å². The van der Waals surface area contributed by atoms with Crippen molar-refractivity contribution in [2.24, 2.45) is 0 Å².